The van der Waals surface area contributed by atoms with Crippen LogP contribution in [0.25, 0.3) is 0 Å². The number of hydrogen-bond acceptors (Lipinski definition) is 6. The molecule has 2 bridgehead atoms. The molecule has 0 heterocycles. The van der Waals surface area contributed by atoms with Gasteiger partial charge in [-0.1, -0.05) is 11.6 Å². The summed E-state index contributed by atoms with van der Waals surface area (Å²) in [4.78, 5) is 12.4. The summed E-state index contributed by atoms with van der Waals surface area (Å²) in [5, 5.41) is 33.7. The van der Waals surface area contributed by atoms with Crippen molar-refractivity contribution in [2.45, 2.75) is 67.0 Å². The maximum Gasteiger partial charge on any atom is 0.255 e. The quantitative estimate of drug-likeness (QED) is 0.440. The Balaban J connectivity index is 1.59. The van der Waals surface area contributed by atoms with Crippen molar-refractivity contribution in [2.24, 2.45) is 11.8 Å². The Bertz CT molecular complexity index is 1280. The molecule has 5 atom stereocenters. The highest BCUT2D eigenvalue weighted by Gasteiger charge is 2.61. The highest BCUT2D eigenvalue weighted by Crippen LogP contribution is 2.54. The van der Waals surface area contributed by atoms with E-state index in [2.05, 4.69) is 5.32 Å². The average molecular weight is 544 g/mol. The van der Waals surface area contributed by atoms with Crippen LogP contribution in [0.4, 0.5) is 14.5 Å². The molecule has 2 aromatic carbocycles. The van der Waals surface area contributed by atoms with Gasteiger partial charge in [-0.05, 0) is 81.7 Å². The number of aliphatic hydroxyl groups excluding tert-OH is 1. The summed E-state index contributed by atoms with van der Waals surface area (Å²) in [5.74, 6) is -4.04. The van der Waals surface area contributed by atoms with Gasteiger partial charge in [0.1, 0.15) is 6.10 Å². The molecule has 1 amide bonds. The number of carbonyl (C=O) groups is 1. The monoisotopic (exact) mass is 543 g/mol. The molecule has 2 unspecified atom stereocenters. The van der Waals surface area contributed by atoms with Crippen LogP contribution in [0.15, 0.2) is 41.3 Å². The molecule has 0 radical (unpaired) electrons. The highest BCUT2D eigenvalue weighted by atomic mass is 35.5. The van der Waals surface area contributed by atoms with E-state index in [9.17, 15) is 37.3 Å². The molecule has 11 heteroatoms. The molecule has 4 N–H and O–H groups in total. The van der Waals surface area contributed by atoms with Crippen molar-refractivity contribution in [1.29, 1.82) is 0 Å². The molecule has 7 nitrogen and oxygen atoms in total. The minimum absolute atomic E-state index is 0.00763. The van der Waals surface area contributed by atoms with E-state index >= 15 is 0 Å². The molecule has 0 saturated heterocycles. The van der Waals surface area contributed by atoms with Crippen LogP contribution in [-0.2, 0) is 9.84 Å². The van der Waals surface area contributed by atoms with Crippen molar-refractivity contribution in [3.8, 4) is 0 Å². The second-order valence-electron chi connectivity index (χ2n) is 10.3. The molecular weight excluding hydrogens is 516 g/mol. The number of aliphatic hydroxyl groups is 3. The number of halogens is 3. The first kappa shape index (κ1) is 26.9. The SMILES string of the molecule is CC(C)(O)[C@@H](O)C1(O)[C@@H]2CC[C@H]1CC(S(=O)(=O)c1cc(C(=O)Nc3ccc(F)c(F)c3)ccc1Cl)C2. The summed E-state index contributed by atoms with van der Waals surface area (Å²) < 4.78 is 53.9. The van der Waals surface area contributed by atoms with Gasteiger partial charge in [-0.15, -0.1) is 0 Å². The fraction of sp³-hybridized carbons (Fsp3) is 0.480. The van der Waals surface area contributed by atoms with Gasteiger partial charge in [0.05, 0.1) is 26.4 Å². The van der Waals surface area contributed by atoms with E-state index in [0.29, 0.717) is 12.8 Å². The average Bonchev–Trinajstić information content (AvgIpc) is 2.97. The summed E-state index contributed by atoms with van der Waals surface area (Å²) in [7, 11) is -4.05. The van der Waals surface area contributed by atoms with Crippen molar-refractivity contribution in [2.75, 3.05) is 5.32 Å². The van der Waals surface area contributed by atoms with Crippen molar-refractivity contribution < 1.29 is 37.3 Å². The number of carbonyl (C=O) groups excluding carboxylic acids is 1. The Kier molecular flexibility index (Phi) is 6.98. The lowest BCUT2D eigenvalue weighted by Gasteiger charge is -2.48. The second kappa shape index (κ2) is 9.33. The second-order valence-corrected chi connectivity index (χ2v) is 12.9. The van der Waals surface area contributed by atoms with Crippen molar-refractivity contribution in [1.82, 2.24) is 0 Å². The molecule has 0 aliphatic heterocycles. The topological polar surface area (TPSA) is 124 Å². The maximum absolute atomic E-state index is 13.6. The van der Waals surface area contributed by atoms with E-state index in [0.717, 1.165) is 18.2 Å². The molecule has 0 aromatic heterocycles. The maximum atomic E-state index is 13.6. The number of fused-ring (bicyclic) bond motifs is 2. The summed E-state index contributed by atoms with van der Waals surface area (Å²) in [6.07, 6.45) is -0.318. The number of amides is 1. The van der Waals surface area contributed by atoms with Gasteiger partial charge < -0.3 is 20.6 Å². The Labute approximate surface area is 213 Å². The zero-order valence-electron chi connectivity index (χ0n) is 19.7. The number of nitrogens with one attached hydrogen (secondary N) is 1. The number of benzene rings is 2. The zero-order chi connectivity index (χ0) is 26.6. The predicted octanol–water partition coefficient (Wildman–Crippen LogP) is 3.70. The molecule has 196 valence electrons. The van der Waals surface area contributed by atoms with Gasteiger partial charge in [-0.3, -0.25) is 4.79 Å². The van der Waals surface area contributed by atoms with Crippen LogP contribution in [0.2, 0.25) is 5.02 Å². The van der Waals surface area contributed by atoms with Gasteiger partial charge in [0.2, 0.25) is 0 Å². The summed E-state index contributed by atoms with van der Waals surface area (Å²) >= 11 is 6.23. The summed E-state index contributed by atoms with van der Waals surface area (Å²) in [5.41, 5.74) is -3.23. The van der Waals surface area contributed by atoms with Gasteiger partial charge in [0, 0.05) is 17.3 Å². The van der Waals surface area contributed by atoms with E-state index in [1.807, 2.05) is 0 Å². The molecule has 4 rings (SSSR count). The first-order valence-electron chi connectivity index (χ1n) is 11.6. The first-order valence-corrected chi connectivity index (χ1v) is 13.5. The van der Waals surface area contributed by atoms with Gasteiger partial charge in [-0.2, -0.15) is 0 Å². The molecule has 2 aliphatic carbocycles. The van der Waals surface area contributed by atoms with Crippen LogP contribution in [0.5, 0.6) is 0 Å². The van der Waals surface area contributed by atoms with E-state index in [-0.39, 0.29) is 34.0 Å². The lowest BCUT2D eigenvalue weighted by Crippen LogP contribution is -2.62. The van der Waals surface area contributed by atoms with Crippen LogP contribution >= 0.6 is 11.6 Å². The molecule has 2 aromatic rings. The summed E-state index contributed by atoms with van der Waals surface area (Å²) in [6, 6.07) is 6.57. The summed E-state index contributed by atoms with van der Waals surface area (Å²) in [6.45, 7) is 2.79. The zero-order valence-corrected chi connectivity index (χ0v) is 21.3. The third-order valence-corrected chi connectivity index (χ3v) is 10.1. The normalized spacial score (nSPS) is 27.1. The molecule has 0 spiro atoms. The molecule has 2 fully saturated rings. The lowest BCUT2D eigenvalue weighted by atomic mass is 9.68. The number of hydrogen-bond donors (Lipinski definition) is 4. The number of rotatable bonds is 6. The standard InChI is InChI=1S/C25H28ClF2NO6S/c1-24(2,32)23(31)25(33)14-4-5-15(25)11-17(10-14)36(34,35)21-9-13(3-7-18(21)26)22(30)29-16-6-8-19(27)20(28)12-16/h3,6-9,12,14-15,17,23,31-33H,4-5,10-11H2,1-2H3,(H,29,30)/t14-,15+,17?,23-,25?/m1/s1. The van der Waals surface area contributed by atoms with Crippen LogP contribution in [0, 0.1) is 23.5 Å². The molecule has 2 aliphatic rings. The first-order chi connectivity index (χ1) is 16.7. The lowest BCUT2D eigenvalue weighted by molar-refractivity contribution is -0.200. The third-order valence-electron chi connectivity index (χ3n) is 7.49. The largest absolute Gasteiger partial charge is 0.388 e. The third kappa shape index (κ3) is 4.65. The predicted molar refractivity (Wildman–Crippen MR) is 129 cm³/mol. The highest BCUT2D eigenvalue weighted by molar-refractivity contribution is 7.92. The van der Waals surface area contributed by atoms with Crippen LogP contribution < -0.4 is 5.32 Å². The Morgan fingerprint density at radius 1 is 1.11 bits per heavy atom. The van der Waals surface area contributed by atoms with Crippen molar-refractivity contribution in [3.05, 3.63) is 58.6 Å². The van der Waals surface area contributed by atoms with Crippen molar-refractivity contribution >= 4 is 33.0 Å². The van der Waals surface area contributed by atoms with Gasteiger partial charge >= 0.3 is 0 Å². The van der Waals surface area contributed by atoms with Gasteiger partial charge in [-0.25, -0.2) is 17.2 Å². The molecule has 2 saturated carbocycles. The van der Waals surface area contributed by atoms with E-state index in [4.69, 9.17) is 11.6 Å². The van der Waals surface area contributed by atoms with Gasteiger partial charge in [0.15, 0.2) is 21.5 Å². The fourth-order valence-corrected chi connectivity index (χ4v) is 8.03. The Morgan fingerprint density at radius 2 is 1.72 bits per heavy atom. The molecular formula is C25H28ClF2NO6S. The smallest absolute Gasteiger partial charge is 0.255 e. The van der Waals surface area contributed by atoms with Gasteiger partial charge in [0.25, 0.3) is 5.91 Å². The van der Waals surface area contributed by atoms with Crippen LogP contribution in [0.1, 0.15) is 49.9 Å². The van der Waals surface area contributed by atoms with E-state index in [1.165, 1.54) is 32.0 Å². The number of sulfone groups is 1. The van der Waals surface area contributed by atoms with Crippen LogP contribution in [-0.4, -0.2) is 52.2 Å². The minimum atomic E-state index is -4.05. The molecule has 36 heavy (non-hydrogen) atoms. The number of anilines is 1. The van der Waals surface area contributed by atoms with Crippen molar-refractivity contribution in [3.63, 3.8) is 0 Å². The van der Waals surface area contributed by atoms with E-state index < -0.39 is 61.8 Å². The fourth-order valence-electron chi connectivity index (χ4n) is 5.63. The van der Waals surface area contributed by atoms with Crippen LogP contribution in [0.3, 0.4) is 0 Å². The minimum Gasteiger partial charge on any atom is -0.388 e. The Hall–Kier alpha value is -2.11. The van der Waals surface area contributed by atoms with E-state index in [1.54, 1.807) is 0 Å². The Morgan fingerprint density at radius 3 is 2.28 bits per heavy atom.